The number of hydrogen-bond donors (Lipinski definition) is 1. The van der Waals surface area contributed by atoms with E-state index in [1.807, 2.05) is 36.2 Å². The van der Waals surface area contributed by atoms with E-state index in [1.54, 1.807) is 13.3 Å². The van der Waals surface area contributed by atoms with Gasteiger partial charge >= 0.3 is 0 Å². The van der Waals surface area contributed by atoms with Crippen LogP contribution in [-0.4, -0.2) is 40.1 Å². The molecular weight excluding hydrogens is 374 g/mol. The lowest BCUT2D eigenvalue weighted by atomic mass is 9.94. The first kappa shape index (κ1) is 20.3. The normalized spacial score (nSPS) is 17.7. The van der Waals surface area contributed by atoms with E-state index >= 15 is 0 Å². The maximum absolute atomic E-state index is 13.1. The molecule has 6 nitrogen and oxygen atoms in total. The van der Waals surface area contributed by atoms with Gasteiger partial charge in [0.05, 0.1) is 23.5 Å². The Morgan fingerprint density at radius 1 is 1.30 bits per heavy atom. The minimum atomic E-state index is 0.149. The SMILES string of the molecule is CN=CC(=CN)c1ccc(Cc2cc3c(nc2C)CN(C2CCCCC2)C3=O)cn1. The molecule has 2 N–H and O–H groups in total. The lowest BCUT2D eigenvalue weighted by Crippen LogP contribution is -2.36. The average Bonchev–Trinajstić information content (AvgIpc) is 3.09. The van der Waals surface area contributed by atoms with E-state index in [2.05, 4.69) is 9.98 Å². The minimum Gasteiger partial charge on any atom is -0.404 e. The van der Waals surface area contributed by atoms with Gasteiger partial charge < -0.3 is 10.6 Å². The van der Waals surface area contributed by atoms with E-state index in [9.17, 15) is 4.79 Å². The highest BCUT2D eigenvalue weighted by atomic mass is 16.2. The number of hydrogen-bond acceptors (Lipinski definition) is 5. The van der Waals surface area contributed by atoms with E-state index < -0.39 is 0 Å². The van der Waals surface area contributed by atoms with Gasteiger partial charge in [0.2, 0.25) is 0 Å². The summed E-state index contributed by atoms with van der Waals surface area (Å²) < 4.78 is 0. The second kappa shape index (κ2) is 8.78. The van der Waals surface area contributed by atoms with Gasteiger partial charge in [0.25, 0.3) is 5.91 Å². The van der Waals surface area contributed by atoms with Gasteiger partial charge in [-0.1, -0.05) is 25.3 Å². The van der Waals surface area contributed by atoms with Gasteiger partial charge in [0.15, 0.2) is 0 Å². The van der Waals surface area contributed by atoms with Gasteiger partial charge in [-0.25, -0.2) is 0 Å². The van der Waals surface area contributed by atoms with Crippen LogP contribution in [0.5, 0.6) is 0 Å². The Hall–Kier alpha value is -3.02. The van der Waals surface area contributed by atoms with E-state index in [4.69, 9.17) is 10.7 Å². The zero-order valence-electron chi connectivity index (χ0n) is 17.8. The number of rotatable bonds is 5. The summed E-state index contributed by atoms with van der Waals surface area (Å²) in [6.07, 6.45) is 11.7. The van der Waals surface area contributed by atoms with Crippen molar-refractivity contribution in [3.63, 3.8) is 0 Å². The molecule has 1 aliphatic carbocycles. The molecule has 0 spiro atoms. The third-order valence-corrected chi connectivity index (χ3v) is 6.19. The van der Waals surface area contributed by atoms with Crippen LogP contribution in [0.4, 0.5) is 0 Å². The Bertz CT molecular complexity index is 987. The summed E-state index contributed by atoms with van der Waals surface area (Å²) >= 11 is 0. The minimum absolute atomic E-state index is 0.149. The smallest absolute Gasteiger partial charge is 0.256 e. The lowest BCUT2D eigenvalue weighted by molar-refractivity contribution is 0.0659. The molecule has 2 aliphatic rings. The summed E-state index contributed by atoms with van der Waals surface area (Å²) in [7, 11) is 1.71. The number of aliphatic imine (C=N–C) groups is 1. The monoisotopic (exact) mass is 403 g/mol. The summed E-state index contributed by atoms with van der Waals surface area (Å²) in [6.45, 7) is 2.68. The highest BCUT2D eigenvalue weighted by Gasteiger charge is 2.34. The van der Waals surface area contributed by atoms with E-state index in [1.165, 1.54) is 25.5 Å². The topological polar surface area (TPSA) is 84.5 Å². The Morgan fingerprint density at radius 2 is 2.10 bits per heavy atom. The second-order valence-electron chi connectivity index (χ2n) is 8.19. The van der Waals surface area contributed by atoms with Crippen molar-refractivity contribution in [2.75, 3.05) is 7.05 Å². The zero-order valence-corrected chi connectivity index (χ0v) is 17.8. The van der Waals surface area contributed by atoms with Crippen LogP contribution in [0.15, 0.2) is 35.6 Å². The molecule has 0 bridgehead atoms. The predicted molar refractivity (Wildman–Crippen MR) is 119 cm³/mol. The van der Waals surface area contributed by atoms with Gasteiger partial charge in [0.1, 0.15) is 0 Å². The van der Waals surface area contributed by atoms with Crippen LogP contribution in [-0.2, 0) is 13.0 Å². The van der Waals surface area contributed by atoms with Crippen molar-refractivity contribution in [3.8, 4) is 0 Å². The number of aromatic nitrogens is 2. The fraction of sp³-hybridized carbons (Fsp3) is 0.417. The van der Waals surface area contributed by atoms with E-state index in [0.717, 1.165) is 52.2 Å². The average molecular weight is 404 g/mol. The predicted octanol–water partition coefficient (Wildman–Crippen LogP) is 3.66. The first-order chi connectivity index (χ1) is 14.6. The van der Waals surface area contributed by atoms with E-state index in [0.29, 0.717) is 19.0 Å². The molecule has 3 heterocycles. The summed E-state index contributed by atoms with van der Waals surface area (Å²) in [5.41, 5.74) is 12.1. The van der Waals surface area contributed by atoms with Crippen LogP contribution < -0.4 is 5.73 Å². The number of carbonyl (C=O) groups is 1. The summed E-state index contributed by atoms with van der Waals surface area (Å²) in [6, 6.07) is 6.41. The second-order valence-corrected chi connectivity index (χ2v) is 8.19. The van der Waals surface area contributed by atoms with Crippen LogP contribution in [0.2, 0.25) is 0 Å². The number of nitrogens with two attached hydrogens (primary N) is 1. The van der Waals surface area contributed by atoms with Crippen molar-refractivity contribution in [1.82, 2.24) is 14.9 Å². The number of pyridine rings is 2. The summed E-state index contributed by atoms with van der Waals surface area (Å²) in [5.74, 6) is 0.149. The molecule has 1 aliphatic heterocycles. The van der Waals surface area contributed by atoms with Gasteiger partial charge in [-0.05, 0) is 43.0 Å². The Kier molecular flexibility index (Phi) is 5.93. The van der Waals surface area contributed by atoms with Crippen molar-refractivity contribution in [3.05, 3.63) is 64.4 Å². The molecule has 1 fully saturated rings. The number of aryl methyl sites for hydroxylation is 1. The first-order valence-electron chi connectivity index (χ1n) is 10.7. The summed E-state index contributed by atoms with van der Waals surface area (Å²) in [4.78, 5) is 28.4. The molecule has 0 saturated heterocycles. The molecule has 0 radical (unpaired) electrons. The molecular formula is C24H29N5O. The number of allylic oxidation sites excluding steroid dienone is 1. The molecule has 2 aromatic heterocycles. The quantitative estimate of drug-likeness (QED) is 0.772. The highest BCUT2D eigenvalue weighted by Crippen LogP contribution is 2.31. The van der Waals surface area contributed by atoms with E-state index in [-0.39, 0.29) is 5.91 Å². The van der Waals surface area contributed by atoms with Crippen molar-refractivity contribution in [1.29, 1.82) is 0 Å². The molecule has 0 atom stereocenters. The van der Waals surface area contributed by atoms with Crippen LogP contribution >= 0.6 is 0 Å². The number of nitrogens with zero attached hydrogens (tertiary/aromatic N) is 4. The maximum Gasteiger partial charge on any atom is 0.256 e. The van der Waals surface area contributed by atoms with Crippen LogP contribution in [0.1, 0.15) is 70.7 Å². The molecule has 1 saturated carbocycles. The van der Waals surface area contributed by atoms with Crippen LogP contribution in [0, 0.1) is 6.92 Å². The lowest BCUT2D eigenvalue weighted by Gasteiger charge is -2.30. The summed E-state index contributed by atoms with van der Waals surface area (Å²) in [5, 5.41) is 0. The highest BCUT2D eigenvalue weighted by molar-refractivity contribution is 6.08. The Labute approximate surface area is 177 Å². The van der Waals surface area contributed by atoms with Crippen molar-refractivity contribution >= 4 is 17.7 Å². The largest absolute Gasteiger partial charge is 0.404 e. The fourth-order valence-electron chi connectivity index (χ4n) is 4.51. The molecule has 0 aromatic carbocycles. The molecule has 1 amide bonds. The van der Waals surface area contributed by atoms with Gasteiger partial charge in [-0.15, -0.1) is 0 Å². The molecule has 156 valence electrons. The molecule has 2 aromatic rings. The standard InChI is InChI=1S/C24H29N5O/c1-16-18(10-17-8-9-22(27-13-17)19(12-25)14-26-2)11-21-23(28-16)15-29(24(21)30)20-6-4-3-5-7-20/h8-9,11-14,20H,3-7,10,15,25H2,1-2H3. The molecule has 4 rings (SSSR count). The maximum atomic E-state index is 13.1. The Morgan fingerprint density at radius 3 is 2.77 bits per heavy atom. The van der Waals surface area contributed by atoms with Crippen molar-refractivity contribution < 1.29 is 4.79 Å². The third kappa shape index (κ3) is 3.99. The fourth-order valence-corrected chi connectivity index (χ4v) is 4.51. The Balaban J connectivity index is 1.53. The number of carbonyl (C=O) groups excluding carboxylic acids is 1. The molecule has 0 unspecified atom stereocenters. The van der Waals surface area contributed by atoms with Gasteiger partial charge in [0, 0.05) is 49.4 Å². The number of fused-ring (bicyclic) bond motifs is 1. The van der Waals surface area contributed by atoms with Crippen LogP contribution in [0.25, 0.3) is 5.57 Å². The first-order valence-corrected chi connectivity index (χ1v) is 10.7. The van der Waals surface area contributed by atoms with Gasteiger partial charge in [-0.2, -0.15) is 0 Å². The van der Waals surface area contributed by atoms with Crippen LogP contribution in [0.3, 0.4) is 0 Å². The third-order valence-electron chi connectivity index (χ3n) is 6.19. The van der Waals surface area contributed by atoms with Gasteiger partial charge in [-0.3, -0.25) is 19.8 Å². The zero-order chi connectivity index (χ0) is 21.1. The van der Waals surface area contributed by atoms with Crippen molar-refractivity contribution in [2.24, 2.45) is 10.7 Å². The van der Waals surface area contributed by atoms with Crippen molar-refractivity contribution in [2.45, 2.75) is 58.0 Å². The molecule has 30 heavy (non-hydrogen) atoms. The number of amides is 1. The molecule has 6 heteroatoms.